The zero-order valence-electron chi connectivity index (χ0n) is 13.5. The van der Waals surface area contributed by atoms with Crippen molar-refractivity contribution in [3.8, 4) is 0 Å². The van der Waals surface area contributed by atoms with Crippen molar-refractivity contribution in [3.63, 3.8) is 0 Å². The van der Waals surface area contributed by atoms with E-state index in [0.29, 0.717) is 17.9 Å². The standard InChI is InChI=1S/C17H22N2O3S/c1-11(20)14-5-6-15(23-14)17(7-3-4-8-17)10-18-16(21)13-9-19-22-12(13)2/h5-6,9,11,20H,3-4,7-8,10H2,1-2H3,(H,18,21)/t11-/m1/s1. The Labute approximate surface area is 139 Å². The number of hydrogen-bond donors (Lipinski definition) is 2. The lowest BCUT2D eigenvalue weighted by molar-refractivity contribution is 0.0942. The minimum absolute atomic E-state index is 0.0153. The molecule has 5 nitrogen and oxygen atoms in total. The van der Waals surface area contributed by atoms with Gasteiger partial charge >= 0.3 is 0 Å². The van der Waals surface area contributed by atoms with Crippen molar-refractivity contribution < 1.29 is 14.4 Å². The van der Waals surface area contributed by atoms with E-state index < -0.39 is 6.10 Å². The van der Waals surface area contributed by atoms with Crippen LogP contribution >= 0.6 is 11.3 Å². The Kier molecular flexibility index (Phi) is 4.55. The van der Waals surface area contributed by atoms with Gasteiger partial charge in [-0.3, -0.25) is 4.79 Å². The summed E-state index contributed by atoms with van der Waals surface area (Å²) in [5, 5.41) is 16.5. The maximum Gasteiger partial charge on any atom is 0.256 e. The summed E-state index contributed by atoms with van der Waals surface area (Å²) in [4.78, 5) is 14.6. The molecule has 1 aliphatic carbocycles. The summed E-state index contributed by atoms with van der Waals surface area (Å²) in [5.41, 5.74) is 0.479. The molecule has 2 aromatic rings. The van der Waals surface area contributed by atoms with Crippen LogP contribution in [0, 0.1) is 6.92 Å². The van der Waals surface area contributed by atoms with Crippen molar-refractivity contribution in [1.29, 1.82) is 0 Å². The molecule has 0 spiro atoms. The fraction of sp³-hybridized carbons (Fsp3) is 0.529. The van der Waals surface area contributed by atoms with Gasteiger partial charge in [0.2, 0.25) is 0 Å². The summed E-state index contributed by atoms with van der Waals surface area (Å²) in [6.07, 6.45) is 5.49. The van der Waals surface area contributed by atoms with Crippen molar-refractivity contribution in [2.75, 3.05) is 6.54 Å². The second-order valence-corrected chi connectivity index (χ2v) is 7.46. The molecule has 0 saturated heterocycles. The molecule has 124 valence electrons. The summed E-state index contributed by atoms with van der Waals surface area (Å²) in [6, 6.07) is 4.10. The van der Waals surface area contributed by atoms with E-state index in [1.165, 1.54) is 23.9 Å². The average molecular weight is 334 g/mol. The van der Waals surface area contributed by atoms with Crippen LogP contribution in [0.1, 0.15) is 64.6 Å². The third-order valence-electron chi connectivity index (χ3n) is 4.70. The first-order valence-corrected chi connectivity index (χ1v) is 8.81. The highest BCUT2D eigenvalue weighted by atomic mass is 32.1. The van der Waals surface area contributed by atoms with Gasteiger partial charge in [0.25, 0.3) is 5.91 Å². The minimum atomic E-state index is -0.443. The van der Waals surface area contributed by atoms with Crippen LogP contribution < -0.4 is 5.32 Å². The summed E-state index contributed by atoms with van der Waals surface area (Å²) in [6.45, 7) is 4.13. The van der Waals surface area contributed by atoms with Gasteiger partial charge in [-0.1, -0.05) is 18.0 Å². The smallest absolute Gasteiger partial charge is 0.256 e. The zero-order valence-corrected chi connectivity index (χ0v) is 14.3. The van der Waals surface area contributed by atoms with E-state index in [9.17, 15) is 9.90 Å². The molecule has 1 saturated carbocycles. The van der Waals surface area contributed by atoms with E-state index in [0.717, 1.165) is 17.7 Å². The van der Waals surface area contributed by atoms with Crippen LogP contribution in [0.5, 0.6) is 0 Å². The van der Waals surface area contributed by atoms with Crippen molar-refractivity contribution >= 4 is 17.2 Å². The molecule has 3 rings (SSSR count). The second kappa shape index (κ2) is 6.45. The molecule has 2 N–H and O–H groups in total. The third-order valence-corrected chi connectivity index (χ3v) is 6.21. The number of nitrogens with zero attached hydrogens (tertiary/aromatic N) is 1. The highest BCUT2D eigenvalue weighted by molar-refractivity contribution is 7.12. The minimum Gasteiger partial charge on any atom is -0.388 e. The molecule has 0 unspecified atom stereocenters. The van der Waals surface area contributed by atoms with E-state index in [4.69, 9.17) is 4.52 Å². The monoisotopic (exact) mass is 334 g/mol. The summed E-state index contributed by atoms with van der Waals surface area (Å²) >= 11 is 1.66. The number of carbonyl (C=O) groups is 1. The Morgan fingerprint density at radius 3 is 2.78 bits per heavy atom. The molecule has 0 radical (unpaired) electrons. The molecule has 1 fully saturated rings. The summed E-state index contributed by atoms with van der Waals surface area (Å²) in [7, 11) is 0. The number of nitrogens with one attached hydrogen (secondary N) is 1. The molecule has 1 amide bonds. The number of thiophene rings is 1. The average Bonchev–Trinajstić information content (AvgIpc) is 3.25. The largest absolute Gasteiger partial charge is 0.388 e. The third kappa shape index (κ3) is 3.19. The topological polar surface area (TPSA) is 75.4 Å². The number of amides is 1. The van der Waals surface area contributed by atoms with Crippen molar-refractivity contribution in [3.05, 3.63) is 39.4 Å². The second-order valence-electron chi connectivity index (χ2n) is 6.34. The lowest BCUT2D eigenvalue weighted by Crippen LogP contribution is -2.38. The quantitative estimate of drug-likeness (QED) is 0.879. The molecular formula is C17H22N2O3S. The molecule has 2 aromatic heterocycles. The molecule has 0 aliphatic heterocycles. The molecule has 1 atom stereocenters. The molecule has 0 bridgehead atoms. The Hall–Kier alpha value is -1.66. The molecular weight excluding hydrogens is 312 g/mol. The van der Waals surface area contributed by atoms with Crippen LogP contribution in [0.3, 0.4) is 0 Å². The van der Waals surface area contributed by atoms with Gasteiger partial charge in [-0.05, 0) is 38.8 Å². The van der Waals surface area contributed by atoms with Crippen LogP contribution in [0.15, 0.2) is 22.9 Å². The molecule has 0 aromatic carbocycles. The Bertz CT molecular complexity index is 684. The van der Waals surface area contributed by atoms with Gasteiger partial charge in [-0.15, -0.1) is 11.3 Å². The number of carbonyl (C=O) groups excluding carboxylic acids is 1. The van der Waals surface area contributed by atoms with Crippen LogP contribution in [0.25, 0.3) is 0 Å². The maximum absolute atomic E-state index is 12.3. The van der Waals surface area contributed by atoms with E-state index in [-0.39, 0.29) is 11.3 Å². The van der Waals surface area contributed by atoms with Gasteiger partial charge < -0.3 is 14.9 Å². The molecule has 1 aliphatic rings. The van der Waals surface area contributed by atoms with Gasteiger partial charge in [0.1, 0.15) is 11.3 Å². The summed E-state index contributed by atoms with van der Waals surface area (Å²) < 4.78 is 4.96. The number of hydrogen-bond acceptors (Lipinski definition) is 5. The lowest BCUT2D eigenvalue weighted by atomic mass is 9.84. The van der Waals surface area contributed by atoms with E-state index in [2.05, 4.69) is 16.5 Å². The predicted molar refractivity (Wildman–Crippen MR) is 88.7 cm³/mol. The number of aliphatic hydroxyl groups is 1. The van der Waals surface area contributed by atoms with Crippen LogP contribution in [0.4, 0.5) is 0 Å². The van der Waals surface area contributed by atoms with E-state index >= 15 is 0 Å². The Balaban J connectivity index is 1.76. The number of aryl methyl sites for hydroxylation is 1. The van der Waals surface area contributed by atoms with Crippen LogP contribution in [-0.4, -0.2) is 22.7 Å². The molecule has 6 heteroatoms. The van der Waals surface area contributed by atoms with Crippen molar-refractivity contribution in [2.45, 2.75) is 51.0 Å². The highest BCUT2D eigenvalue weighted by Gasteiger charge is 2.37. The number of rotatable bonds is 5. The Morgan fingerprint density at radius 1 is 1.48 bits per heavy atom. The fourth-order valence-corrected chi connectivity index (χ4v) is 4.48. The highest BCUT2D eigenvalue weighted by Crippen LogP contribution is 2.44. The maximum atomic E-state index is 12.3. The SMILES string of the molecule is Cc1oncc1C(=O)NCC1(c2ccc([C@@H](C)O)s2)CCCC1. The van der Waals surface area contributed by atoms with E-state index in [1.807, 2.05) is 6.07 Å². The molecule has 2 heterocycles. The molecule has 23 heavy (non-hydrogen) atoms. The van der Waals surface area contributed by atoms with E-state index in [1.54, 1.807) is 25.2 Å². The Morgan fingerprint density at radius 2 is 2.22 bits per heavy atom. The van der Waals surface area contributed by atoms with Crippen LogP contribution in [-0.2, 0) is 5.41 Å². The van der Waals surface area contributed by atoms with Gasteiger partial charge in [-0.2, -0.15) is 0 Å². The number of aromatic nitrogens is 1. The lowest BCUT2D eigenvalue weighted by Gasteiger charge is -2.28. The first-order valence-electron chi connectivity index (χ1n) is 8.00. The first kappa shape index (κ1) is 16.2. The normalized spacial score (nSPS) is 18.0. The van der Waals surface area contributed by atoms with Crippen molar-refractivity contribution in [2.24, 2.45) is 0 Å². The van der Waals surface area contributed by atoms with Gasteiger partial charge in [0, 0.05) is 21.7 Å². The summed E-state index contributed by atoms with van der Waals surface area (Å²) in [5.74, 6) is 0.401. The number of aliphatic hydroxyl groups excluding tert-OH is 1. The first-order chi connectivity index (χ1) is 11.0. The van der Waals surface area contributed by atoms with Gasteiger partial charge in [0.15, 0.2) is 0 Å². The predicted octanol–water partition coefficient (Wildman–Crippen LogP) is 3.34. The van der Waals surface area contributed by atoms with Gasteiger partial charge in [-0.25, -0.2) is 0 Å². The fourth-order valence-electron chi connectivity index (χ4n) is 3.29. The van der Waals surface area contributed by atoms with Crippen molar-refractivity contribution in [1.82, 2.24) is 10.5 Å². The van der Waals surface area contributed by atoms with Gasteiger partial charge in [0.05, 0.1) is 12.3 Å². The van der Waals surface area contributed by atoms with Crippen LogP contribution in [0.2, 0.25) is 0 Å². The zero-order chi connectivity index (χ0) is 16.4.